The highest BCUT2D eigenvalue weighted by Crippen LogP contribution is 2.41. The molecule has 0 saturated carbocycles. The number of likely N-dealkylation sites (tertiary alicyclic amines) is 1. The summed E-state index contributed by atoms with van der Waals surface area (Å²) in [6, 6.07) is 9.24. The number of aliphatic hydroxyl groups excluding tert-OH is 1. The van der Waals surface area contributed by atoms with Crippen LogP contribution >= 0.6 is 23.2 Å². The number of hydrogen-bond donors (Lipinski definition) is 1. The Morgan fingerprint density at radius 3 is 2.48 bits per heavy atom. The predicted molar refractivity (Wildman–Crippen MR) is 129 cm³/mol. The van der Waals surface area contributed by atoms with Gasteiger partial charge in [-0.25, -0.2) is 0 Å². The number of Topliss-reactive ketones (excluding diaryl/α,β-unsaturated/α-hetero) is 1. The Bertz CT molecular complexity index is 1080. The number of carbonyl (C=O) groups is 2. The van der Waals surface area contributed by atoms with Gasteiger partial charge in [0.05, 0.1) is 34.9 Å². The largest absolute Gasteiger partial charge is 0.507 e. The zero-order valence-corrected chi connectivity index (χ0v) is 20.4. The average Bonchev–Trinajstić information content (AvgIpc) is 3.05. The monoisotopic (exact) mass is 491 g/mol. The van der Waals surface area contributed by atoms with Crippen molar-refractivity contribution in [3.05, 3.63) is 68.7 Å². The number of amides is 1. The maximum atomic E-state index is 13.0. The number of aliphatic hydroxyl groups is 1. The maximum Gasteiger partial charge on any atom is 0.295 e. The van der Waals surface area contributed by atoms with Crippen LogP contribution in [-0.2, 0) is 14.3 Å². The molecule has 2 aromatic carbocycles. The van der Waals surface area contributed by atoms with Crippen LogP contribution in [0.15, 0.2) is 42.0 Å². The van der Waals surface area contributed by atoms with Crippen LogP contribution in [0.1, 0.15) is 42.5 Å². The molecule has 1 saturated heterocycles. The van der Waals surface area contributed by atoms with E-state index in [4.69, 9.17) is 32.7 Å². The second-order valence-electron chi connectivity index (χ2n) is 7.84. The zero-order valence-electron chi connectivity index (χ0n) is 18.9. The minimum Gasteiger partial charge on any atom is -0.507 e. The van der Waals surface area contributed by atoms with Crippen molar-refractivity contribution in [2.75, 3.05) is 26.9 Å². The van der Waals surface area contributed by atoms with Gasteiger partial charge in [0.25, 0.3) is 11.7 Å². The summed E-state index contributed by atoms with van der Waals surface area (Å²) in [5.74, 6) is -1.02. The van der Waals surface area contributed by atoms with Crippen molar-refractivity contribution in [3.63, 3.8) is 0 Å². The van der Waals surface area contributed by atoms with Gasteiger partial charge in [-0.15, -0.1) is 0 Å². The van der Waals surface area contributed by atoms with E-state index >= 15 is 0 Å². The molecule has 0 aliphatic carbocycles. The van der Waals surface area contributed by atoms with Crippen LogP contribution in [0.3, 0.4) is 0 Å². The highest BCUT2D eigenvalue weighted by molar-refractivity contribution is 6.46. The molecular weight excluding hydrogens is 465 g/mol. The average molecular weight is 492 g/mol. The van der Waals surface area contributed by atoms with Gasteiger partial charge in [0.2, 0.25) is 0 Å². The number of halogens is 2. The van der Waals surface area contributed by atoms with Crippen LogP contribution in [0.25, 0.3) is 5.76 Å². The van der Waals surface area contributed by atoms with Crippen molar-refractivity contribution in [2.24, 2.45) is 0 Å². The molecule has 3 rings (SSSR count). The number of unbranched alkanes of at least 4 members (excludes halogenated alkanes) is 1. The van der Waals surface area contributed by atoms with Crippen molar-refractivity contribution in [1.29, 1.82) is 0 Å². The first kappa shape index (κ1) is 25.1. The first-order valence-corrected chi connectivity index (χ1v) is 11.5. The molecule has 33 heavy (non-hydrogen) atoms. The number of carbonyl (C=O) groups excluding carboxylic acids is 2. The second-order valence-corrected chi connectivity index (χ2v) is 8.66. The summed E-state index contributed by atoms with van der Waals surface area (Å²) in [5.41, 5.74) is 1.80. The van der Waals surface area contributed by atoms with Gasteiger partial charge in [0.15, 0.2) is 0 Å². The third-order valence-corrected chi connectivity index (χ3v) is 6.28. The molecule has 8 heteroatoms. The first-order valence-electron chi connectivity index (χ1n) is 10.8. The van der Waals surface area contributed by atoms with Gasteiger partial charge in [0, 0.05) is 19.2 Å². The lowest BCUT2D eigenvalue weighted by Crippen LogP contribution is -2.32. The van der Waals surface area contributed by atoms with Crippen LogP contribution in [0.4, 0.5) is 0 Å². The lowest BCUT2D eigenvalue weighted by Gasteiger charge is -2.25. The van der Waals surface area contributed by atoms with E-state index in [1.807, 2.05) is 6.92 Å². The third-order valence-electron chi connectivity index (χ3n) is 5.54. The Hall–Kier alpha value is -2.54. The summed E-state index contributed by atoms with van der Waals surface area (Å²) in [7, 11) is 1.51. The van der Waals surface area contributed by atoms with Crippen molar-refractivity contribution >= 4 is 40.7 Å². The summed E-state index contributed by atoms with van der Waals surface area (Å²) in [6.45, 7) is 4.96. The lowest BCUT2D eigenvalue weighted by molar-refractivity contribution is -0.140. The van der Waals surface area contributed by atoms with E-state index in [0.717, 1.165) is 18.4 Å². The zero-order chi connectivity index (χ0) is 24.1. The molecular formula is C25H27Cl2NO5. The van der Waals surface area contributed by atoms with Crippen molar-refractivity contribution < 1.29 is 24.2 Å². The van der Waals surface area contributed by atoms with Gasteiger partial charge in [-0.1, -0.05) is 42.6 Å². The quantitative estimate of drug-likeness (QED) is 0.215. The van der Waals surface area contributed by atoms with Gasteiger partial charge in [-0.2, -0.15) is 0 Å². The standard InChI is InChI=1S/C25H27Cl2NO5/c1-4-5-11-33-20-9-7-17(13-15(20)2)23(29)21-22(16-6-8-18(26)19(27)14-16)28(10-12-32-3)25(31)24(21)30/h6-9,13-14,22,29H,4-5,10-12H2,1-3H3/b23-21+. The first-order chi connectivity index (χ1) is 15.8. The highest BCUT2D eigenvalue weighted by atomic mass is 35.5. The molecule has 1 unspecified atom stereocenters. The van der Waals surface area contributed by atoms with Crippen LogP contribution < -0.4 is 4.74 Å². The Morgan fingerprint density at radius 1 is 1.09 bits per heavy atom. The Balaban J connectivity index is 2.08. The number of benzene rings is 2. The maximum absolute atomic E-state index is 13.0. The van der Waals surface area contributed by atoms with Gasteiger partial charge in [0.1, 0.15) is 11.5 Å². The Labute approximate surface area is 203 Å². The van der Waals surface area contributed by atoms with Crippen LogP contribution in [0.5, 0.6) is 5.75 Å². The number of nitrogens with zero attached hydrogens (tertiary/aromatic N) is 1. The van der Waals surface area contributed by atoms with E-state index in [-0.39, 0.29) is 29.5 Å². The molecule has 176 valence electrons. The summed E-state index contributed by atoms with van der Waals surface area (Å²) in [6.07, 6.45) is 1.96. The van der Waals surface area contributed by atoms with Crippen molar-refractivity contribution in [2.45, 2.75) is 32.7 Å². The second kappa shape index (κ2) is 11.1. The molecule has 1 fully saturated rings. The minimum atomic E-state index is -0.823. The number of hydrogen-bond acceptors (Lipinski definition) is 5. The van der Waals surface area contributed by atoms with E-state index in [1.54, 1.807) is 36.4 Å². The molecule has 0 aromatic heterocycles. The summed E-state index contributed by atoms with van der Waals surface area (Å²) < 4.78 is 10.9. The number of ether oxygens (including phenoxy) is 2. The van der Waals surface area contributed by atoms with Crippen LogP contribution in [-0.4, -0.2) is 48.6 Å². The van der Waals surface area contributed by atoms with Gasteiger partial charge in [-0.3, -0.25) is 9.59 Å². The van der Waals surface area contributed by atoms with Gasteiger partial charge >= 0.3 is 0 Å². The third kappa shape index (κ3) is 5.35. The van der Waals surface area contributed by atoms with Crippen molar-refractivity contribution in [1.82, 2.24) is 4.90 Å². The summed E-state index contributed by atoms with van der Waals surface area (Å²) in [5, 5.41) is 11.8. The highest BCUT2D eigenvalue weighted by Gasteiger charge is 2.46. The molecule has 0 spiro atoms. The van der Waals surface area contributed by atoms with E-state index in [9.17, 15) is 14.7 Å². The van der Waals surface area contributed by atoms with Gasteiger partial charge < -0.3 is 19.5 Å². The molecule has 6 nitrogen and oxygen atoms in total. The minimum absolute atomic E-state index is 0.00598. The molecule has 1 heterocycles. The van der Waals surface area contributed by atoms with E-state index in [0.29, 0.717) is 28.5 Å². The number of rotatable bonds is 9. The smallest absolute Gasteiger partial charge is 0.295 e. The number of aryl methyl sites for hydroxylation is 1. The fourth-order valence-electron chi connectivity index (χ4n) is 3.77. The van der Waals surface area contributed by atoms with Gasteiger partial charge in [-0.05, 0) is 54.8 Å². The molecule has 1 aliphatic heterocycles. The van der Waals surface area contributed by atoms with Crippen molar-refractivity contribution in [3.8, 4) is 5.75 Å². The Morgan fingerprint density at radius 2 is 1.85 bits per heavy atom. The molecule has 1 N–H and O–H groups in total. The normalized spacial score (nSPS) is 17.6. The molecule has 1 atom stereocenters. The molecule has 1 amide bonds. The summed E-state index contributed by atoms with van der Waals surface area (Å²) >= 11 is 12.3. The number of ketones is 1. The van der Waals surface area contributed by atoms with E-state index < -0.39 is 17.7 Å². The molecule has 0 radical (unpaired) electrons. The van der Waals surface area contributed by atoms with E-state index in [2.05, 4.69) is 6.92 Å². The molecule has 1 aliphatic rings. The molecule has 2 aromatic rings. The SMILES string of the molecule is CCCCOc1ccc(/C(O)=C2\C(=O)C(=O)N(CCOC)C2c2ccc(Cl)c(Cl)c2)cc1C. The summed E-state index contributed by atoms with van der Waals surface area (Å²) in [4.78, 5) is 27.3. The van der Waals surface area contributed by atoms with Crippen LogP contribution in [0, 0.1) is 6.92 Å². The van der Waals surface area contributed by atoms with E-state index in [1.165, 1.54) is 12.0 Å². The fourth-order valence-corrected chi connectivity index (χ4v) is 4.08. The predicted octanol–water partition coefficient (Wildman–Crippen LogP) is 5.55. The topological polar surface area (TPSA) is 76.1 Å². The van der Waals surface area contributed by atoms with Crippen LogP contribution in [0.2, 0.25) is 10.0 Å². The Kier molecular flexibility index (Phi) is 8.40. The molecule has 0 bridgehead atoms. The lowest BCUT2D eigenvalue weighted by atomic mass is 9.95. The number of methoxy groups -OCH3 is 1. The fraction of sp³-hybridized carbons (Fsp3) is 0.360.